The van der Waals surface area contributed by atoms with Gasteiger partial charge in [-0.05, 0) is 30.7 Å². The van der Waals surface area contributed by atoms with E-state index >= 15 is 0 Å². The summed E-state index contributed by atoms with van der Waals surface area (Å²) in [5.74, 6) is 0.597. The van der Waals surface area contributed by atoms with Crippen molar-refractivity contribution >= 4 is 23.0 Å². The zero-order chi connectivity index (χ0) is 17.2. The fourth-order valence-electron chi connectivity index (χ4n) is 3.26. The molecule has 1 fully saturated rings. The molecule has 0 bridgehead atoms. The summed E-state index contributed by atoms with van der Waals surface area (Å²) >= 11 is 0. The number of imidazole rings is 1. The monoisotopic (exact) mass is 334 g/mol. The van der Waals surface area contributed by atoms with E-state index in [1.54, 1.807) is 11.1 Å². The molecular formula is C19H18N4O2. The maximum absolute atomic E-state index is 12.7. The number of nitrogens with one attached hydrogen (secondary N) is 1. The van der Waals surface area contributed by atoms with Crippen LogP contribution in [0.4, 0.5) is 5.69 Å². The van der Waals surface area contributed by atoms with Crippen LogP contribution in [-0.4, -0.2) is 27.2 Å². The Balaban J connectivity index is 1.49. The van der Waals surface area contributed by atoms with Crippen LogP contribution in [-0.2, 0) is 16.1 Å². The molecule has 2 amide bonds. The van der Waals surface area contributed by atoms with Gasteiger partial charge in [-0.2, -0.15) is 0 Å². The molecule has 6 heteroatoms. The van der Waals surface area contributed by atoms with Crippen LogP contribution in [0.5, 0.6) is 0 Å². The highest BCUT2D eigenvalue weighted by Gasteiger charge is 2.36. The Kier molecular flexibility index (Phi) is 3.93. The minimum absolute atomic E-state index is 0.0161. The lowest BCUT2D eigenvalue weighted by molar-refractivity contribution is -0.124. The molecule has 1 aromatic carbocycles. The molecule has 1 aliphatic rings. The summed E-state index contributed by atoms with van der Waals surface area (Å²) in [6.07, 6.45) is 4.61. The van der Waals surface area contributed by atoms with Crippen molar-refractivity contribution in [3.63, 3.8) is 0 Å². The summed E-state index contributed by atoms with van der Waals surface area (Å²) in [5.41, 5.74) is 1.74. The number of carbonyl (C=O) groups excluding carboxylic acids is 2. The largest absolute Gasteiger partial charge is 0.347 e. The van der Waals surface area contributed by atoms with Gasteiger partial charge in [0.1, 0.15) is 11.9 Å². The lowest BCUT2D eigenvalue weighted by Crippen LogP contribution is -2.44. The van der Waals surface area contributed by atoms with Gasteiger partial charge in [-0.15, -0.1) is 0 Å². The lowest BCUT2D eigenvalue weighted by atomic mass is 10.2. The highest BCUT2D eigenvalue weighted by atomic mass is 16.2. The predicted molar refractivity (Wildman–Crippen MR) is 94.0 cm³/mol. The Hall–Kier alpha value is -3.15. The number of amides is 2. The van der Waals surface area contributed by atoms with Crippen LogP contribution < -0.4 is 10.2 Å². The second-order valence-corrected chi connectivity index (χ2v) is 6.04. The molecule has 0 saturated carbocycles. The Bertz CT molecular complexity index is 919. The van der Waals surface area contributed by atoms with Crippen molar-refractivity contribution in [3.05, 3.63) is 66.7 Å². The number of nitrogens with zero attached hydrogens (tertiary/aromatic N) is 3. The molecule has 3 aromatic rings. The lowest BCUT2D eigenvalue weighted by Gasteiger charge is -2.24. The average molecular weight is 334 g/mol. The number of hydrogen-bond donors (Lipinski definition) is 1. The predicted octanol–water partition coefficient (Wildman–Crippen LogP) is 2.15. The van der Waals surface area contributed by atoms with Gasteiger partial charge in [-0.1, -0.05) is 24.3 Å². The second-order valence-electron chi connectivity index (χ2n) is 6.04. The standard InChI is InChI=1S/C19H18N4O2/c24-18-10-9-16(23(18)14-6-2-1-3-7-14)19(25)21-13-17-20-12-15-8-4-5-11-22(15)17/h1-8,11-12,16H,9-10,13H2,(H,21,25). The third kappa shape index (κ3) is 2.87. The fourth-order valence-corrected chi connectivity index (χ4v) is 3.26. The molecule has 4 rings (SSSR count). The first-order chi connectivity index (χ1) is 12.2. The van der Waals surface area contributed by atoms with E-state index in [2.05, 4.69) is 10.3 Å². The first-order valence-corrected chi connectivity index (χ1v) is 8.30. The number of aromatic nitrogens is 2. The van der Waals surface area contributed by atoms with Crippen LogP contribution in [0.2, 0.25) is 0 Å². The summed E-state index contributed by atoms with van der Waals surface area (Å²) in [6.45, 7) is 0.324. The van der Waals surface area contributed by atoms with Gasteiger partial charge in [0.25, 0.3) is 0 Å². The van der Waals surface area contributed by atoms with E-state index in [0.29, 0.717) is 19.4 Å². The first-order valence-electron chi connectivity index (χ1n) is 8.30. The van der Waals surface area contributed by atoms with Crippen LogP contribution >= 0.6 is 0 Å². The Labute approximate surface area is 145 Å². The average Bonchev–Trinajstić information content (AvgIpc) is 3.24. The van der Waals surface area contributed by atoms with Gasteiger partial charge >= 0.3 is 0 Å². The smallest absolute Gasteiger partial charge is 0.243 e. The van der Waals surface area contributed by atoms with Gasteiger partial charge in [0.05, 0.1) is 18.3 Å². The molecule has 126 valence electrons. The quantitative estimate of drug-likeness (QED) is 0.795. The van der Waals surface area contributed by atoms with E-state index in [4.69, 9.17) is 0 Å². The van der Waals surface area contributed by atoms with Crippen LogP contribution in [0, 0.1) is 0 Å². The molecule has 0 spiro atoms. The number of fused-ring (bicyclic) bond motifs is 1. The normalized spacial score (nSPS) is 17.2. The van der Waals surface area contributed by atoms with E-state index < -0.39 is 6.04 Å². The molecule has 1 atom stereocenters. The summed E-state index contributed by atoms with van der Waals surface area (Å²) < 4.78 is 1.94. The van der Waals surface area contributed by atoms with Gasteiger partial charge in [0.2, 0.25) is 11.8 Å². The maximum atomic E-state index is 12.7. The molecule has 1 aliphatic heterocycles. The van der Waals surface area contributed by atoms with Crippen molar-refractivity contribution in [2.75, 3.05) is 4.90 Å². The summed E-state index contributed by atoms with van der Waals surface area (Å²) in [7, 11) is 0. The number of hydrogen-bond acceptors (Lipinski definition) is 3. The maximum Gasteiger partial charge on any atom is 0.243 e. The van der Waals surface area contributed by atoms with Crippen molar-refractivity contribution in [2.45, 2.75) is 25.4 Å². The number of benzene rings is 1. The first kappa shape index (κ1) is 15.4. The van der Waals surface area contributed by atoms with Crippen LogP contribution in [0.15, 0.2) is 60.9 Å². The van der Waals surface area contributed by atoms with Crippen LogP contribution in [0.3, 0.4) is 0 Å². The third-order valence-corrected chi connectivity index (χ3v) is 4.49. The SMILES string of the molecule is O=C(NCc1ncc2ccccn12)C1CCC(=O)N1c1ccccc1. The molecule has 1 saturated heterocycles. The zero-order valence-corrected chi connectivity index (χ0v) is 13.6. The van der Waals surface area contributed by atoms with Crippen molar-refractivity contribution in [2.24, 2.45) is 0 Å². The molecule has 1 unspecified atom stereocenters. The molecule has 3 heterocycles. The van der Waals surface area contributed by atoms with Crippen LogP contribution in [0.25, 0.3) is 5.52 Å². The van der Waals surface area contributed by atoms with E-state index in [1.807, 2.05) is 59.1 Å². The molecule has 25 heavy (non-hydrogen) atoms. The molecule has 0 aliphatic carbocycles. The zero-order valence-electron chi connectivity index (χ0n) is 13.6. The van der Waals surface area contributed by atoms with Crippen molar-refractivity contribution in [3.8, 4) is 0 Å². The van der Waals surface area contributed by atoms with Crippen molar-refractivity contribution in [1.29, 1.82) is 0 Å². The minimum Gasteiger partial charge on any atom is -0.347 e. The third-order valence-electron chi connectivity index (χ3n) is 4.49. The van der Waals surface area contributed by atoms with E-state index in [9.17, 15) is 9.59 Å². The molecule has 2 aromatic heterocycles. The van der Waals surface area contributed by atoms with E-state index in [0.717, 1.165) is 17.0 Å². The summed E-state index contributed by atoms with van der Waals surface area (Å²) in [6, 6.07) is 14.7. The summed E-state index contributed by atoms with van der Waals surface area (Å²) in [4.78, 5) is 30.8. The van der Waals surface area contributed by atoms with Crippen molar-refractivity contribution < 1.29 is 9.59 Å². The fraction of sp³-hybridized carbons (Fsp3) is 0.211. The minimum atomic E-state index is -0.471. The number of rotatable bonds is 4. The Morgan fingerprint density at radius 2 is 1.96 bits per heavy atom. The highest BCUT2D eigenvalue weighted by molar-refractivity contribution is 6.03. The summed E-state index contributed by atoms with van der Waals surface area (Å²) in [5, 5.41) is 2.92. The van der Waals surface area contributed by atoms with Gasteiger partial charge in [-0.25, -0.2) is 4.98 Å². The molecule has 6 nitrogen and oxygen atoms in total. The molecule has 1 N–H and O–H groups in total. The second kappa shape index (κ2) is 6.39. The Morgan fingerprint density at radius 3 is 2.80 bits per heavy atom. The van der Waals surface area contributed by atoms with Gasteiger partial charge in [0, 0.05) is 18.3 Å². The van der Waals surface area contributed by atoms with Crippen molar-refractivity contribution in [1.82, 2.24) is 14.7 Å². The molecular weight excluding hydrogens is 316 g/mol. The van der Waals surface area contributed by atoms with Gasteiger partial charge in [-0.3, -0.25) is 14.5 Å². The number of para-hydroxylation sites is 1. The van der Waals surface area contributed by atoms with Gasteiger partial charge < -0.3 is 9.72 Å². The van der Waals surface area contributed by atoms with E-state index in [-0.39, 0.29) is 11.8 Å². The topological polar surface area (TPSA) is 66.7 Å². The van der Waals surface area contributed by atoms with E-state index in [1.165, 1.54) is 0 Å². The van der Waals surface area contributed by atoms with Crippen LogP contribution in [0.1, 0.15) is 18.7 Å². The number of carbonyl (C=O) groups is 2. The highest BCUT2D eigenvalue weighted by Crippen LogP contribution is 2.26. The molecule has 0 radical (unpaired) electrons. The number of pyridine rings is 1. The van der Waals surface area contributed by atoms with Gasteiger partial charge in [0.15, 0.2) is 0 Å². The number of anilines is 1. The Morgan fingerprint density at radius 1 is 1.16 bits per heavy atom.